The standard InChI is InChI=1S/C17H25NO2/c1-13-5-6-14(18)11-16(13)20-15-7-10-19-17(12-15)8-3-2-4-9-17/h5-6,11,15H,2-4,7-10,12,18H2,1H3. The number of nitrogens with two attached hydrogens (primary N) is 1. The molecule has 20 heavy (non-hydrogen) atoms. The number of hydrogen-bond acceptors (Lipinski definition) is 3. The van der Waals surface area contributed by atoms with Gasteiger partial charge in [-0.3, -0.25) is 0 Å². The van der Waals surface area contributed by atoms with Crippen LogP contribution in [0.25, 0.3) is 0 Å². The van der Waals surface area contributed by atoms with E-state index in [1.165, 1.54) is 32.1 Å². The summed E-state index contributed by atoms with van der Waals surface area (Å²) in [5.41, 5.74) is 7.88. The van der Waals surface area contributed by atoms with E-state index in [4.69, 9.17) is 15.2 Å². The molecule has 3 rings (SSSR count). The smallest absolute Gasteiger partial charge is 0.124 e. The fraction of sp³-hybridized carbons (Fsp3) is 0.647. The minimum absolute atomic E-state index is 0.0927. The van der Waals surface area contributed by atoms with Gasteiger partial charge in [0.2, 0.25) is 0 Å². The van der Waals surface area contributed by atoms with Crippen LogP contribution in [-0.4, -0.2) is 18.3 Å². The fourth-order valence-electron chi connectivity index (χ4n) is 3.55. The third-order valence-corrected chi connectivity index (χ3v) is 4.72. The molecule has 3 nitrogen and oxygen atoms in total. The van der Waals surface area contributed by atoms with Gasteiger partial charge in [0.25, 0.3) is 0 Å². The third kappa shape index (κ3) is 2.93. The number of benzene rings is 1. The second-order valence-electron chi connectivity index (χ2n) is 6.35. The molecule has 1 heterocycles. The van der Waals surface area contributed by atoms with Gasteiger partial charge in [-0.05, 0) is 31.4 Å². The van der Waals surface area contributed by atoms with Crippen LogP contribution in [0.1, 0.15) is 50.5 Å². The molecule has 0 radical (unpaired) electrons. The Morgan fingerprint density at radius 2 is 2.05 bits per heavy atom. The van der Waals surface area contributed by atoms with Crippen LogP contribution in [-0.2, 0) is 4.74 Å². The van der Waals surface area contributed by atoms with Gasteiger partial charge in [0.1, 0.15) is 11.9 Å². The first kappa shape index (κ1) is 13.7. The summed E-state index contributed by atoms with van der Waals surface area (Å²) in [7, 11) is 0. The molecular formula is C17H25NO2. The predicted molar refractivity (Wildman–Crippen MR) is 81.0 cm³/mol. The van der Waals surface area contributed by atoms with E-state index in [0.717, 1.165) is 36.4 Å². The van der Waals surface area contributed by atoms with Crippen molar-refractivity contribution in [1.82, 2.24) is 0 Å². The Morgan fingerprint density at radius 1 is 1.25 bits per heavy atom. The summed E-state index contributed by atoms with van der Waals surface area (Å²) in [5.74, 6) is 0.933. The van der Waals surface area contributed by atoms with E-state index in [-0.39, 0.29) is 11.7 Å². The molecule has 1 saturated heterocycles. The highest BCUT2D eigenvalue weighted by Gasteiger charge is 2.39. The molecule has 1 aliphatic carbocycles. The summed E-state index contributed by atoms with van der Waals surface area (Å²) >= 11 is 0. The van der Waals surface area contributed by atoms with Crippen LogP contribution in [0.15, 0.2) is 18.2 Å². The van der Waals surface area contributed by atoms with E-state index >= 15 is 0 Å². The summed E-state index contributed by atoms with van der Waals surface area (Å²) in [4.78, 5) is 0. The molecule has 1 atom stereocenters. The molecule has 1 aliphatic heterocycles. The Morgan fingerprint density at radius 3 is 2.85 bits per heavy atom. The first-order valence-electron chi connectivity index (χ1n) is 7.84. The molecule has 3 heteroatoms. The van der Waals surface area contributed by atoms with Gasteiger partial charge in [-0.1, -0.05) is 25.3 Å². The lowest BCUT2D eigenvalue weighted by molar-refractivity contribution is -0.129. The third-order valence-electron chi connectivity index (χ3n) is 4.72. The van der Waals surface area contributed by atoms with Gasteiger partial charge in [0, 0.05) is 24.6 Å². The largest absolute Gasteiger partial charge is 0.490 e. The van der Waals surface area contributed by atoms with Gasteiger partial charge in [0.15, 0.2) is 0 Å². The first-order chi connectivity index (χ1) is 9.67. The average Bonchev–Trinajstić information content (AvgIpc) is 2.44. The van der Waals surface area contributed by atoms with Crippen molar-refractivity contribution in [3.05, 3.63) is 23.8 Å². The monoisotopic (exact) mass is 275 g/mol. The zero-order valence-electron chi connectivity index (χ0n) is 12.4. The SMILES string of the molecule is Cc1ccc(N)cc1OC1CCOC2(CCCCC2)C1. The molecule has 2 fully saturated rings. The molecular weight excluding hydrogens is 250 g/mol. The van der Waals surface area contributed by atoms with E-state index < -0.39 is 0 Å². The number of ether oxygens (including phenoxy) is 2. The van der Waals surface area contributed by atoms with E-state index in [0.29, 0.717) is 0 Å². The number of rotatable bonds is 2. The van der Waals surface area contributed by atoms with E-state index in [1.807, 2.05) is 18.2 Å². The quantitative estimate of drug-likeness (QED) is 0.834. The van der Waals surface area contributed by atoms with Crippen LogP contribution >= 0.6 is 0 Å². The normalized spacial score (nSPS) is 25.6. The van der Waals surface area contributed by atoms with Crippen molar-refractivity contribution in [3.63, 3.8) is 0 Å². The zero-order chi connectivity index (χ0) is 14.0. The molecule has 1 spiro atoms. The Labute approximate surface area is 121 Å². The van der Waals surface area contributed by atoms with Crippen molar-refractivity contribution in [2.24, 2.45) is 0 Å². The molecule has 0 amide bonds. The Kier molecular flexibility index (Phi) is 3.88. The first-order valence-corrected chi connectivity index (χ1v) is 7.84. The second kappa shape index (κ2) is 5.65. The van der Waals surface area contributed by atoms with Crippen LogP contribution in [0.2, 0.25) is 0 Å². The predicted octanol–water partition coefficient (Wildman–Crippen LogP) is 3.84. The van der Waals surface area contributed by atoms with Crippen molar-refractivity contribution in [2.45, 2.75) is 63.6 Å². The molecule has 1 saturated carbocycles. The fourth-order valence-corrected chi connectivity index (χ4v) is 3.55. The lowest BCUT2D eigenvalue weighted by Gasteiger charge is -2.43. The maximum absolute atomic E-state index is 6.23. The molecule has 2 N–H and O–H groups in total. The average molecular weight is 275 g/mol. The summed E-state index contributed by atoms with van der Waals surface area (Å²) in [6.07, 6.45) is 8.62. The summed E-state index contributed by atoms with van der Waals surface area (Å²) in [6, 6.07) is 5.90. The van der Waals surface area contributed by atoms with Crippen LogP contribution < -0.4 is 10.5 Å². The summed E-state index contributed by atoms with van der Waals surface area (Å²) < 4.78 is 12.4. The van der Waals surface area contributed by atoms with Crippen molar-refractivity contribution < 1.29 is 9.47 Å². The van der Waals surface area contributed by atoms with Crippen LogP contribution in [0.3, 0.4) is 0 Å². The topological polar surface area (TPSA) is 44.5 Å². The number of aryl methyl sites for hydroxylation is 1. The molecule has 1 unspecified atom stereocenters. The van der Waals surface area contributed by atoms with Gasteiger partial charge < -0.3 is 15.2 Å². The van der Waals surface area contributed by atoms with Gasteiger partial charge in [-0.2, -0.15) is 0 Å². The number of hydrogen-bond donors (Lipinski definition) is 1. The minimum atomic E-state index is 0.0927. The lowest BCUT2D eigenvalue weighted by atomic mass is 9.79. The van der Waals surface area contributed by atoms with E-state index in [9.17, 15) is 0 Å². The van der Waals surface area contributed by atoms with Crippen LogP contribution in [0, 0.1) is 6.92 Å². The van der Waals surface area contributed by atoms with Gasteiger partial charge in [-0.15, -0.1) is 0 Å². The van der Waals surface area contributed by atoms with Crippen LogP contribution in [0.4, 0.5) is 5.69 Å². The molecule has 0 aromatic heterocycles. The highest BCUT2D eigenvalue weighted by Crippen LogP contribution is 2.39. The minimum Gasteiger partial charge on any atom is -0.490 e. The molecule has 1 aromatic rings. The second-order valence-corrected chi connectivity index (χ2v) is 6.35. The van der Waals surface area contributed by atoms with Crippen molar-refractivity contribution in [1.29, 1.82) is 0 Å². The maximum Gasteiger partial charge on any atom is 0.124 e. The maximum atomic E-state index is 6.23. The molecule has 1 aromatic carbocycles. The molecule has 0 bridgehead atoms. The van der Waals surface area contributed by atoms with E-state index in [1.54, 1.807) is 0 Å². The number of nitrogen functional groups attached to an aromatic ring is 1. The Balaban J connectivity index is 1.69. The molecule has 110 valence electrons. The van der Waals surface area contributed by atoms with Crippen molar-refractivity contribution in [2.75, 3.05) is 12.3 Å². The zero-order valence-corrected chi connectivity index (χ0v) is 12.4. The van der Waals surface area contributed by atoms with Gasteiger partial charge in [-0.25, -0.2) is 0 Å². The number of anilines is 1. The van der Waals surface area contributed by atoms with Crippen molar-refractivity contribution >= 4 is 5.69 Å². The van der Waals surface area contributed by atoms with Gasteiger partial charge >= 0.3 is 0 Å². The summed E-state index contributed by atoms with van der Waals surface area (Å²) in [5, 5.41) is 0. The highest BCUT2D eigenvalue weighted by atomic mass is 16.5. The van der Waals surface area contributed by atoms with Crippen molar-refractivity contribution in [3.8, 4) is 5.75 Å². The Bertz CT molecular complexity index is 461. The lowest BCUT2D eigenvalue weighted by Crippen LogP contribution is -2.45. The molecule has 2 aliphatic rings. The van der Waals surface area contributed by atoms with Crippen LogP contribution in [0.5, 0.6) is 5.75 Å². The van der Waals surface area contributed by atoms with Gasteiger partial charge in [0.05, 0.1) is 12.2 Å². The van der Waals surface area contributed by atoms with E-state index in [2.05, 4.69) is 6.92 Å². The highest BCUT2D eigenvalue weighted by molar-refractivity contribution is 5.48. The Hall–Kier alpha value is -1.22. The summed E-state index contributed by atoms with van der Waals surface area (Å²) in [6.45, 7) is 2.90.